The first-order chi connectivity index (χ1) is 17.2. The van der Waals surface area contributed by atoms with Gasteiger partial charge >= 0.3 is 0 Å². The molecule has 3 heteroatoms. The molecule has 0 radical (unpaired) electrons. The van der Waals surface area contributed by atoms with Gasteiger partial charge < -0.3 is 5.11 Å². The topological polar surface area (TPSA) is 35.5 Å². The highest BCUT2D eigenvalue weighted by molar-refractivity contribution is 5.27. The van der Waals surface area contributed by atoms with Crippen molar-refractivity contribution in [1.82, 2.24) is 10.2 Å². The summed E-state index contributed by atoms with van der Waals surface area (Å²) >= 11 is 0. The molecule has 0 amide bonds. The van der Waals surface area contributed by atoms with E-state index in [1.807, 2.05) is 6.92 Å². The monoisotopic (exact) mass is 490 g/mol. The smallest absolute Gasteiger partial charge is 0.171 e. The van der Waals surface area contributed by atoms with Crippen molar-refractivity contribution in [3.63, 3.8) is 0 Å². The lowest BCUT2D eigenvalue weighted by molar-refractivity contribution is -0.144. The van der Waals surface area contributed by atoms with E-state index in [-0.39, 0.29) is 10.8 Å². The molecule has 2 N–H and O–H groups in total. The van der Waals surface area contributed by atoms with Crippen LogP contribution >= 0.6 is 0 Å². The lowest BCUT2D eigenvalue weighted by Crippen LogP contribution is -2.60. The molecule has 3 nitrogen and oxygen atoms in total. The van der Waals surface area contributed by atoms with Gasteiger partial charge in [-0.1, -0.05) is 94.3 Å². The first-order valence-electron chi connectivity index (χ1n) is 14.6. The number of nitrogens with one attached hydrogen (secondary N) is 1. The fraction of sp³-hybridized carbons (Fsp3) is 0.636. The first kappa shape index (κ1) is 27.4. The summed E-state index contributed by atoms with van der Waals surface area (Å²) in [4.78, 5) is 2.31. The molecule has 2 aromatic carbocycles. The van der Waals surface area contributed by atoms with Crippen molar-refractivity contribution in [2.24, 2.45) is 17.3 Å². The van der Waals surface area contributed by atoms with Gasteiger partial charge in [-0.25, -0.2) is 0 Å². The first-order valence-corrected chi connectivity index (χ1v) is 14.6. The predicted octanol–water partition coefficient (Wildman–Crippen LogP) is 7.50. The molecule has 0 bridgehead atoms. The third-order valence-corrected chi connectivity index (χ3v) is 9.59. The van der Waals surface area contributed by atoms with Crippen molar-refractivity contribution in [2.45, 2.75) is 103 Å². The van der Waals surface area contributed by atoms with Gasteiger partial charge in [0.2, 0.25) is 0 Å². The zero-order chi connectivity index (χ0) is 25.7. The number of aliphatic hydroxyl groups is 1. The molecule has 36 heavy (non-hydrogen) atoms. The Morgan fingerprint density at radius 1 is 1.00 bits per heavy atom. The Hall–Kier alpha value is -1.68. The minimum Gasteiger partial charge on any atom is -0.363 e. The number of hydrogen-bond donors (Lipinski definition) is 2. The van der Waals surface area contributed by atoms with Crippen LogP contribution in [-0.4, -0.2) is 28.9 Å². The zero-order valence-corrected chi connectivity index (χ0v) is 23.3. The van der Waals surface area contributed by atoms with Crippen molar-refractivity contribution in [2.75, 3.05) is 13.1 Å². The van der Waals surface area contributed by atoms with Gasteiger partial charge in [0.05, 0.1) is 0 Å². The SMILES string of the molecule is CCC(C)C[C@]1(c2ccccc2)CC[C@@](C)(CN(Cc2ccccc2)C(C)(O)NCC2CCC2)CC1. The molecule has 0 heterocycles. The van der Waals surface area contributed by atoms with E-state index in [0.29, 0.717) is 5.92 Å². The van der Waals surface area contributed by atoms with Crippen molar-refractivity contribution >= 4 is 0 Å². The highest BCUT2D eigenvalue weighted by Crippen LogP contribution is 2.51. The van der Waals surface area contributed by atoms with Gasteiger partial charge in [0, 0.05) is 19.6 Å². The third-order valence-electron chi connectivity index (χ3n) is 9.59. The molecular formula is C33H50N2O. The summed E-state index contributed by atoms with van der Waals surface area (Å²) in [6, 6.07) is 22.0. The summed E-state index contributed by atoms with van der Waals surface area (Å²) in [5.41, 5.74) is 3.26. The van der Waals surface area contributed by atoms with E-state index in [0.717, 1.165) is 25.6 Å². The number of rotatable bonds is 12. The molecule has 2 unspecified atom stereocenters. The minimum atomic E-state index is -1.01. The maximum absolute atomic E-state index is 11.7. The van der Waals surface area contributed by atoms with E-state index < -0.39 is 5.85 Å². The summed E-state index contributed by atoms with van der Waals surface area (Å²) in [6.07, 6.45) is 11.3. The van der Waals surface area contributed by atoms with Crippen molar-refractivity contribution in [3.05, 3.63) is 71.8 Å². The van der Waals surface area contributed by atoms with Crippen LogP contribution in [0.2, 0.25) is 0 Å². The van der Waals surface area contributed by atoms with Crippen LogP contribution in [0.4, 0.5) is 0 Å². The molecule has 2 saturated carbocycles. The number of nitrogens with zero attached hydrogens (tertiary/aromatic N) is 1. The van der Waals surface area contributed by atoms with E-state index in [2.05, 4.69) is 91.7 Å². The van der Waals surface area contributed by atoms with Crippen molar-refractivity contribution in [1.29, 1.82) is 0 Å². The van der Waals surface area contributed by atoms with Crippen LogP contribution < -0.4 is 5.32 Å². The Kier molecular flexibility index (Phi) is 8.96. The van der Waals surface area contributed by atoms with Gasteiger partial charge in [-0.3, -0.25) is 10.2 Å². The maximum Gasteiger partial charge on any atom is 0.171 e. The number of benzene rings is 2. The Labute approximate surface area is 220 Å². The quantitative estimate of drug-likeness (QED) is 0.302. The van der Waals surface area contributed by atoms with E-state index in [4.69, 9.17) is 0 Å². The van der Waals surface area contributed by atoms with Gasteiger partial charge in [-0.15, -0.1) is 0 Å². The number of hydrogen-bond acceptors (Lipinski definition) is 3. The molecule has 2 aliphatic rings. The van der Waals surface area contributed by atoms with Gasteiger partial charge in [0.15, 0.2) is 5.85 Å². The van der Waals surface area contributed by atoms with E-state index in [1.54, 1.807) is 0 Å². The molecule has 0 aromatic heterocycles. The van der Waals surface area contributed by atoms with Gasteiger partial charge in [0.25, 0.3) is 0 Å². The van der Waals surface area contributed by atoms with Crippen LogP contribution in [0.5, 0.6) is 0 Å². The van der Waals surface area contributed by atoms with Crippen LogP contribution in [0, 0.1) is 17.3 Å². The van der Waals surface area contributed by atoms with E-state index in [1.165, 1.54) is 68.9 Å². The van der Waals surface area contributed by atoms with Crippen molar-refractivity contribution in [3.8, 4) is 0 Å². The normalized spacial score (nSPS) is 27.4. The highest BCUT2D eigenvalue weighted by atomic mass is 16.3. The molecule has 2 aliphatic carbocycles. The molecule has 0 saturated heterocycles. The molecule has 0 aliphatic heterocycles. The van der Waals surface area contributed by atoms with Crippen LogP contribution in [0.15, 0.2) is 60.7 Å². The molecule has 198 valence electrons. The van der Waals surface area contributed by atoms with Crippen LogP contribution in [-0.2, 0) is 12.0 Å². The van der Waals surface area contributed by atoms with Crippen LogP contribution in [0.1, 0.15) is 96.6 Å². The molecule has 0 spiro atoms. The van der Waals surface area contributed by atoms with Crippen LogP contribution in [0.3, 0.4) is 0 Å². The average molecular weight is 491 g/mol. The minimum absolute atomic E-state index is 0.185. The third kappa shape index (κ3) is 6.79. The Bertz CT molecular complexity index is 913. The zero-order valence-electron chi connectivity index (χ0n) is 23.3. The summed E-state index contributed by atoms with van der Waals surface area (Å²) < 4.78 is 0. The second kappa shape index (κ2) is 11.8. The largest absolute Gasteiger partial charge is 0.363 e. The molecule has 2 atom stereocenters. The van der Waals surface area contributed by atoms with Crippen molar-refractivity contribution < 1.29 is 5.11 Å². The Morgan fingerprint density at radius 2 is 1.61 bits per heavy atom. The fourth-order valence-electron chi connectivity index (χ4n) is 6.48. The highest BCUT2D eigenvalue weighted by Gasteiger charge is 2.44. The molecular weight excluding hydrogens is 440 g/mol. The fourth-order valence-corrected chi connectivity index (χ4v) is 6.48. The Morgan fingerprint density at radius 3 is 2.17 bits per heavy atom. The second-order valence-corrected chi connectivity index (χ2v) is 12.7. The average Bonchev–Trinajstić information content (AvgIpc) is 2.85. The lowest BCUT2D eigenvalue weighted by atomic mass is 9.59. The summed E-state index contributed by atoms with van der Waals surface area (Å²) in [6.45, 7) is 11.8. The maximum atomic E-state index is 11.7. The van der Waals surface area contributed by atoms with Gasteiger partial charge in [-0.2, -0.15) is 0 Å². The predicted molar refractivity (Wildman–Crippen MR) is 152 cm³/mol. The summed E-state index contributed by atoms with van der Waals surface area (Å²) in [7, 11) is 0. The molecule has 2 fully saturated rings. The second-order valence-electron chi connectivity index (χ2n) is 12.7. The van der Waals surface area contributed by atoms with Crippen LogP contribution in [0.25, 0.3) is 0 Å². The standard InChI is InChI=1S/C33H50N2O/c1-5-27(2)23-33(30-17-10-7-11-18-30)21-19-31(3,20-22-33)26-35(25-29-13-8-6-9-14-29)32(4,36)34-24-28-15-12-16-28/h6-11,13-14,17-18,27-28,34,36H,5,12,15-16,19-26H2,1-4H3/t27?,31-,32?,33+. The summed E-state index contributed by atoms with van der Waals surface area (Å²) in [5.74, 6) is 0.437. The molecule has 4 rings (SSSR count). The van der Waals surface area contributed by atoms with Gasteiger partial charge in [0.1, 0.15) is 0 Å². The Balaban J connectivity index is 1.50. The van der Waals surface area contributed by atoms with E-state index in [9.17, 15) is 5.11 Å². The summed E-state index contributed by atoms with van der Waals surface area (Å²) in [5, 5.41) is 15.2. The molecule has 2 aromatic rings. The lowest BCUT2D eigenvalue weighted by Gasteiger charge is -2.50. The van der Waals surface area contributed by atoms with Gasteiger partial charge in [-0.05, 0) is 85.7 Å². The van der Waals surface area contributed by atoms with E-state index >= 15 is 0 Å².